The van der Waals surface area contributed by atoms with Gasteiger partial charge in [-0.1, -0.05) is 51.1 Å². The molecule has 134 valence electrons. The molecule has 2 rings (SSSR count). The van der Waals surface area contributed by atoms with Crippen LogP contribution in [0.3, 0.4) is 0 Å². The predicted molar refractivity (Wildman–Crippen MR) is 102 cm³/mol. The molecule has 1 aromatic carbocycles. The lowest BCUT2D eigenvalue weighted by Crippen LogP contribution is -2.35. The number of anilines is 1. The number of urea groups is 1. The van der Waals surface area contributed by atoms with Gasteiger partial charge in [0.1, 0.15) is 0 Å². The summed E-state index contributed by atoms with van der Waals surface area (Å²) in [6.45, 7) is 8.26. The van der Waals surface area contributed by atoms with E-state index in [1.54, 1.807) is 20.2 Å². The molecule has 0 aliphatic carbocycles. The Kier molecular flexibility index (Phi) is 5.67. The van der Waals surface area contributed by atoms with E-state index in [-0.39, 0.29) is 23.0 Å². The van der Waals surface area contributed by atoms with Crippen molar-refractivity contribution in [3.8, 4) is 0 Å². The number of benzene rings is 1. The highest BCUT2D eigenvalue weighted by atomic mass is 16.2. The number of carbonyl (C=O) groups is 1. The Labute approximate surface area is 149 Å². The molecule has 25 heavy (non-hydrogen) atoms. The zero-order chi connectivity index (χ0) is 18.6. The minimum absolute atomic E-state index is 0.0698. The Bertz CT molecular complexity index is 789. The van der Waals surface area contributed by atoms with E-state index in [1.165, 1.54) is 10.6 Å². The minimum Gasteiger partial charge on any atom is -0.331 e. The number of hydrogen-bond donors (Lipinski definition) is 2. The summed E-state index contributed by atoms with van der Waals surface area (Å²) in [4.78, 5) is 24.2. The Hall–Kier alpha value is -2.56. The summed E-state index contributed by atoms with van der Waals surface area (Å²) in [6.07, 6.45) is 2.45. The lowest BCUT2D eigenvalue weighted by molar-refractivity contribution is 0.241. The van der Waals surface area contributed by atoms with Gasteiger partial charge in [-0.3, -0.25) is 4.79 Å². The molecule has 5 nitrogen and oxygen atoms in total. The number of pyridine rings is 1. The largest absolute Gasteiger partial charge is 0.331 e. The predicted octanol–water partition coefficient (Wildman–Crippen LogP) is 3.99. The molecule has 2 N–H and O–H groups in total. The van der Waals surface area contributed by atoms with Crippen molar-refractivity contribution >= 4 is 11.7 Å². The highest BCUT2D eigenvalue weighted by Gasteiger charge is 2.22. The van der Waals surface area contributed by atoms with Crippen LogP contribution in [0.15, 0.2) is 47.4 Å². The summed E-state index contributed by atoms with van der Waals surface area (Å²) >= 11 is 0. The van der Waals surface area contributed by atoms with Gasteiger partial charge >= 0.3 is 6.03 Å². The number of hydrogen-bond acceptors (Lipinski definition) is 2. The molecule has 0 bridgehead atoms. The Morgan fingerprint density at radius 1 is 1.20 bits per heavy atom. The van der Waals surface area contributed by atoms with Crippen molar-refractivity contribution in [2.75, 3.05) is 5.32 Å². The zero-order valence-electron chi connectivity index (χ0n) is 15.6. The average molecular weight is 341 g/mol. The van der Waals surface area contributed by atoms with Crippen LogP contribution in [0.25, 0.3) is 0 Å². The third-order valence-electron chi connectivity index (χ3n) is 4.01. The number of rotatable bonds is 4. The van der Waals surface area contributed by atoms with Crippen LogP contribution in [-0.4, -0.2) is 10.6 Å². The smallest absolute Gasteiger partial charge is 0.319 e. The van der Waals surface area contributed by atoms with Crippen LogP contribution in [0.1, 0.15) is 44.4 Å². The molecule has 0 saturated carbocycles. The van der Waals surface area contributed by atoms with E-state index < -0.39 is 0 Å². The molecule has 1 heterocycles. The highest BCUT2D eigenvalue weighted by Crippen LogP contribution is 2.29. The maximum Gasteiger partial charge on any atom is 0.319 e. The van der Waals surface area contributed by atoms with Crippen LogP contribution < -0.4 is 16.2 Å². The van der Waals surface area contributed by atoms with Gasteiger partial charge in [-0.15, -0.1) is 0 Å². The van der Waals surface area contributed by atoms with Crippen LogP contribution in [-0.2, 0) is 7.05 Å². The third-order valence-corrected chi connectivity index (χ3v) is 4.01. The van der Waals surface area contributed by atoms with Gasteiger partial charge in [0.05, 0.1) is 11.7 Å². The van der Waals surface area contributed by atoms with Gasteiger partial charge in [0, 0.05) is 19.3 Å². The number of carbonyl (C=O) groups excluding carboxylic acids is 1. The van der Waals surface area contributed by atoms with Gasteiger partial charge in [0.2, 0.25) is 0 Å². The van der Waals surface area contributed by atoms with Gasteiger partial charge in [-0.2, -0.15) is 0 Å². The molecule has 2 amide bonds. The van der Waals surface area contributed by atoms with Crippen molar-refractivity contribution in [1.29, 1.82) is 0 Å². The van der Waals surface area contributed by atoms with Crippen molar-refractivity contribution in [2.24, 2.45) is 12.5 Å². The number of aryl methyl sites for hydroxylation is 2. The second-order valence-electron chi connectivity index (χ2n) is 7.65. The molecule has 0 aliphatic heterocycles. The SMILES string of the molecule is Cc1cc(=O)n(C)cc1NC(=O)NC(CC(C)(C)C)c1ccccc1. The highest BCUT2D eigenvalue weighted by molar-refractivity contribution is 5.90. The first-order valence-corrected chi connectivity index (χ1v) is 8.45. The molecule has 1 aromatic heterocycles. The fourth-order valence-electron chi connectivity index (χ4n) is 2.72. The summed E-state index contributed by atoms with van der Waals surface area (Å²) in [5.74, 6) is 0. The van der Waals surface area contributed by atoms with Crippen LogP contribution in [0.4, 0.5) is 10.5 Å². The maximum absolute atomic E-state index is 12.5. The third kappa shape index (κ3) is 5.48. The Morgan fingerprint density at radius 2 is 1.84 bits per heavy atom. The zero-order valence-corrected chi connectivity index (χ0v) is 15.6. The van der Waals surface area contributed by atoms with E-state index in [0.29, 0.717) is 5.69 Å². The van der Waals surface area contributed by atoms with Gasteiger partial charge < -0.3 is 15.2 Å². The molecule has 0 radical (unpaired) electrons. The topological polar surface area (TPSA) is 63.1 Å². The second kappa shape index (κ2) is 7.55. The Balaban J connectivity index is 2.17. The molecule has 0 saturated heterocycles. The summed E-state index contributed by atoms with van der Waals surface area (Å²) in [6, 6.07) is 11.1. The van der Waals surface area contributed by atoms with Crippen LogP contribution in [0, 0.1) is 12.3 Å². The maximum atomic E-state index is 12.5. The first kappa shape index (κ1) is 18.8. The molecule has 0 spiro atoms. The fraction of sp³-hybridized carbons (Fsp3) is 0.400. The van der Waals surface area contributed by atoms with Crippen molar-refractivity contribution < 1.29 is 4.79 Å². The number of nitrogens with one attached hydrogen (secondary N) is 2. The monoisotopic (exact) mass is 341 g/mol. The quantitative estimate of drug-likeness (QED) is 0.883. The number of nitrogens with zero attached hydrogens (tertiary/aromatic N) is 1. The summed E-state index contributed by atoms with van der Waals surface area (Å²) < 4.78 is 1.45. The summed E-state index contributed by atoms with van der Waals surface area (Å²) in [7, 11) is 1.66. The van der Waals surface area contributed by atoms with E-state index in [2.05, 4.69) is 31.4 Å². The molecule has 5 heteroatoms. The standard InChI is InChI=1S/C20H27N3O2/c1-14-11-18(24)23(5)13-17(14)22-19(25)21-16(12-20(2,3)4)15-9-7-6-8-10-15/h6-11,13,16H,12H2,1-5H3,(H2,21,22,25). The molecule has 1 unspecified atom stereocenters. The first-order valence-electron chi connectivity index (χ1n) is 8.45. The van der Waals surface area contributed by atoms with E-state index in [4.69, 9.17) is 0 Å². The summed E-state index contributed by atoms with van der Waals surface area (Å²) in [5.41, 5.74) is 2.41. The lowest BCUT2D eigenvalue weighted by atomic mass is 9.85. The lowest BCUT2D eigenvalue weighted by Gasteiger charge is -2.27. The molecule has 2 aromatic rings. The second-order valence-corrected chi connectivity index (χ2v) is 7.65. The van der Waals surface area contributed by atoms with Gasteiger partial charge in [-0.05, 0) is 29.9 Å². The van der Waals surface area contributed by atoms with Crippen LogP contribution in [0.5, 0.6) is 0 Å². The van der Waals surface area contributed by atoms with Gasteiger partial charge in [0.25, 0.3) is 5.56 Å². The van der Waals surface area contributed by atoms with E-state index in [9.17, 15) is 9.59 Å². The van der Waals surface area contributed by atoms with Crippen molar-refractivity contribution in [1.82, 2.24) is 9.88 Å². The van der Waals surface area contributed by atoms with Crippen molar-refractivity contribution in [2.45, 2.75) is 40.2 Å². The Morgan fingerprint density at radius 3 is 2.44 bits per heavy atom. The normalized spacial score (nSPS) is 12.5. The average Bonchev–Trinajstić information content (AvgIpc) is 2.51. The van der Waals surface area contributed by atoms with Crippen molar-refractivity contribution in [3.05, 3.63) is 64.1 Å². The fourth-order valence-corrected chi connectivity index (χ4v) is 2.72. The van der Waals surface area contributed by atoms with E-state index >= 15 is 0 Å². The molecule has 1 atom stereocenters. The van der Waals surface area contributed by atoms with Gasteiger partial charge in [0.15, 0.2) is 0 Å². The number of amides is 2. The summed E-state index contributed by atoms with van der Waals surface area (Å²) in [5, 5.41) is 5.92. The molecular weight excluding hydrogens is 314 g/mol. The first-order chi connectivity index (χ1) is 11.7. The number of aromatic nitrogens is 1. The van der Waals surface area contributed by atoms with E-state index in [0.717, 1.165) is 17.5 Å². The molecular formula is C20H27N3O2. The minimum atomic E-state index is -0.278. The van der Waals surface area contributed by atoms with Crippen molar-refractivity contribution in [3.63, 3.8) is 0 Å². The van der Waals surface area contributed by atoms with E-state index in [1.807, 2.05) is 30.3 Å². The molecule has 0 fully saturated rings. The molecule has 0 aliphatic rings. The van der Waals surface area contributed by atoms with Crippen LogP contribution >= 0.6 is 0 Å². The van der Waals surface area contributed by atoms with Gasteiger partial charge in [-0.25, -0.2) is 4.79 Å². The van der Waals surface area contributed by atoms with Crippen LogP contribution in [0.2, 0.25) is 0 Å².